The molecular formula is C14H18N2O. The molecule has 2 rings (SSSR count). The molecule has 0 saturated carbocycles. The number of aromatic nitrogens is 1. The monoisotopic (exact) mass is 230 g/mol. The van der Waals surface area contributed by atoms with Gasteiger partial charge in [0, 0.05) is 24.7 Å². The van der Waals surface area contributed by atoms with Crippen LogP contribution in [0.2, 0.25) is 0 Å². The molecule has 1 heterocycles. The summed E-state index contributed by atoms with van der Waals surface area (Å²) in [6.07, 6.45) is 2.87. The number of para-hydroxylation sites is 1. The van der Waals surface area contributed by atoms with Gasteiger partial charge in [0.05, 0.1) is 13.2 Å². The van der Waals surface area contributed by atoms with Gasteiger partial charge in [-0.05, 0) is 30.2 Å². The summed E-state index contributed by atoms with van der Waals surface area (Å²) in [5, 5.41) is 3.44. The van der Waals surface area contributed by atoms with Crippen molar-refractivity contribution in [2.75, 3.05) is 19.0 Å². The Balaban J connectivity index is 1.99. The number of rotatable bonds is 6. The summed E-state index contributed by atoms with van der Waals surface area (Å²) in [7, 11) is 1.73. The van der Waals surface area contributed by atoms with Crippen molar-refractivity contribution < 1.29 is 4.74 Å². The summed E-state index contributed by atoms with van der Waals surface area (Å²) in [6, 6.07) is 12.4. The van der Waals surface area contributed by atoms with Crippen molar-refractivity contribution in [1.29, 1.82) is 0 Å². The predicted octanol–water partition coefficient (Wildman–Crippen LogP) is 2.82. The summed E-state index contributed by atoms with van der Waals surface area (Å²) < 4.78 is 5.12. The number of hydrogen-bond acceptors (Lipinski definition) is 2. The Bertz CT molecular complexity index is 437. The summed E-state index contributed by atoms with van der Waals surface area (Å²) >= 11 is 0. The molecule has 0 aliphatic heterocycles. The first kappa shape index (κ1) is 11.7. The average Bonchev–Trinajstić information content (AvgIpc) is 2.88. The van der Waals surface area contributed by atoms with Gasteiger partial charge in [-0.15, -0.1) is 0 Å². The van der Waals surface area contributed by atoms with E-state index < -0.39 is 0 Å². The Morgan fingerprint density at radius 2 is 2.06 bits per heavy atom. The van der Waals surface area contributed by atoms with E-state index in [4.69, 9.17) is 4.74 Å². The van der Waals surface area contributed by atoms with E-state index in [0.717, 1.165) is 19.6 Å². The van der Waals surface area contributed by atoms with Crippen LogP contribution in [0.15, 0.2) is 42.6 Å². The zero-order chi connectivity index (χ0) is 11.9. The Morgan fingerprint density at radius 1 is 1.18 bits per heavy atom. The average molecular weight is 230 g/mol. The second-order valence-corrected chi connectivity index (χ2v) is 3.95. The van der Waals surface area contributed by atoms with E-state index in [1.54, 1.807) is 7.11 Å². The zero-order valence-electron chi connectivity index (χ0n) is 10.1. The molecule has 2 aromatic rings. The van der Waals surface area contributed by atoms with Gasteiger partial charge in [-0.25, -0.2) is 0 Å². The number of ether oxygens (including phenoxy) is 1. The van der Waals surface area contributed by atoms with Gasteiger partial charge in [0.15, 0.2) is 0 Å². The van der Waals surface area contributed by atoms with Gasteiger partial charge in [-0.3, -0.25) is 0 Å². The summed E-state index contributed by atoms with van der Waals surface area (Å²) in [6.45, 7) is 1.57. The van der Waals surface area contributed by atoms with E-state index in [2.05, 4.69) is 34.6 Å². The van der Waals surface area contributed by atoms with E-state index in [1.807, 2.05) is 18.3 Å². The van der Waals surface area contributed by atoms with Crippen LogP contribution in [-0.2, 0) is 17.7 Å². The third kappa shape index (κ3) is 3.36. The molecular weight excluding hydrogens is 212 g/mol. The minimum absolute atomic E-state index is 0.751. The lowest BCUT2D eigenvalue weighted by atomic mass is 10.1. The van der Waals surface area contributed by atoms with E-state index in [1.165, 1.54) is 16.9 Å². The summed E-state index contributed by atoms with van der Waals surface area (Å²) in [5.74, 6) is 0. The molecule has 2 N–H and O–H groups in total. The van der Waals surface area contributed by atoms with Gasteiger partial charge >= 0.3 is 0 Å². The topological polar surface area (TPSA) is 37.0 Å². The van der Waals surface area contributed by atoms with Crippen molar-refractivity contribution in [2.45, 2.75) is 13.0 Å². The number of hydrogen-bond donors (Lipinski definition) is 2. The maximum Gasteiger partial charge on any atom is 0.0551 e. The Morgan fingerprint density at radius 3 is 2.82 bits per heavy atom. The Kier molecular flexibility index (Phi) is 4.22. The summed E-state index contributed by atoms with van der Waals surface area (Å²) in [4.78, 5) is 3.18. The molecule has 0 aliphatic rings. The lowest BCUT2D eigenvalue weighted by Crippen LogP contribution is -2.04. The molecule has 0 aliphatic carbocycles. The minimum Gasteiger partial charge on any atom is -0.384 e. The van der Waals surface area contributed by atoms with Crippen LogP contribution in [-0.4, -0.2) is 18.7 Å². The molecule has 90 valence electrons. The smallest absolute Gasteiger partial charge is 0.0551 e. The standard InChI is InChI=1S/C14H18N2O/c1-17-10-8-12-5-2-3-7-14(12)16-11-13-6-4-9-15-13/h2-7,9,15-16H,8,10-11H2,1H3. The highest BCUT2D eigenvalue weighted by atomic mass is 16.5. The van der Waals surface area contributed by atoms with Gasteiger partial charge in [0.25, 0.3) is 0 Å². The van der Waals surface area contributed by atoms with Crippen molar-refractivity contribution in [3.05, 3.63) is 53.9 Å². The van der Waals surface area contributed by atoms with Crippen LogP contribution in [0.3, 0.4) is 0 Å². The molecule has 17 heavy (non-hydrogen) atoms. The lowest BCUT2D eigenvalue weighted by molar-refractivity contribution is 0.202. The molecule has 3 nitrogen and oxygen atoms in total. The third-order valence-electron chi connectivity index (χ3n) is 2.72. The molecule has 1 aromatic heterocycles. The third-order valence-corrected chi connectivity index (χ3v) is 2.72. The minimum atomic E-state index is 0.751. The van der Waals surface area contributed by atoms with Crippen LogP contribution in [0.25, 0.3) is 0 Å². The normalized spacial score (nSPS) is 10.4. The van der Waals surface area contributed by atoms with Gasteiger partial charge in [-0.1, -0.05) is 18.2 Å². The molecule has 0 spiro atoms. The van der Waals surface area contributed by atoms with Crippen molar-refractivity contribution in [1.82, 2.24) is 4.98 Å². The van der Waals surface area contributed by atoms with E-state index in [9.17, 15) is 0 Å². The fourth-order valence-corrected chi connectivity index (χ4v) is 1.79. The number of nitrogens with one attached hydrogen (secondary N) is 2. The van der Waals surface area contributed by atoms with Crippen molar-refractivity contribution in [2.24, 2.45) is 0 Å². The van der Waals surface area contributed by atoms with Crippen LogP contribution in [0.1, 0.15) is 11.3 Å². The fourth-order valence-electron chi connectivity index (χ4n) is 1.79. The highest BCUT2D eigenvalue weighted by Crippen LogP contribution is 2.16. The van der Waals surface area contributed by atoms with E-state index >= 15 is 0 Å². The molecule has 1 aromatic carbocycles. The second-order valence-electron chi connectivity index (χ2n) is 3.95. The second kappa shape index (κ2) is 6.11. The van der Waals surface area contributed by atoms with Crippen molar-refractivity contribution in [3.63, 3.8) is 0 Å². The number of benzene rings is 1. The zero-order valence-corrected chi connectivity index (χ0v) is 10.1. The lowest BCUT2D eigenvalue weighted by Gasteiger charge is -2.11. The maximum absolute atomic E-state index is 5.12. The largest absolute Gasteiger partial charge is 0.384 e. The van der Waals surface area contributed by atoms with Gasteiger partial charge in [0.1, 0.15) is 0 Å². The Labute approximate surface area is 102 Å². The molecule has 0 saturated heterocycles. The number of H-pyrrole nitrogens is 1. The fraction of sp³-hybridized carbons (Fsp3) is 0.286. The van der Waals surface area contributed by atoms with Crippen molar-refractivity contribution >= 4 is 5.69 Å². The van der Waals surface area contributed by atoms with Crippen LogP contribution in [0, 0.1) is 0 Å². The first-order chi connectivity index (χ1) is 8.40. The summed E-state index contributed by atoms with van der Waals surface area (Å²) in [5.41, 5.74) is 3.66. The molecule has 0 unspecified atom stereocenters. The molecule has 0 fully saturated rings. The highest BCUT2D eigenvalue weighted by Gasteiger charge is 2.01. The van der Waals surface area contributed by atoms with Crippen LogP contribution < -0.4 is 5.32 Å². The molecule has 0 amide bonds. The van der Waals surface area contributed by atoms with Gasteiger partial charge in [-0.2, -0.15) is 0 Å². The predicted molar refractivity (Wildman–Crippen MR) is 70.1 cm³/mol. The van der Waals surface area contributed by atoms with Crippen LogP contribution >= 0.6 is 0 Å². The quantitative estimate of drug-likeness (QED) is 0.800. The molecule has 0 bridgehead atoms. The van der Waals surface area contributed by atoms with Gasteiger partial charge < -0.3 is 15.0 Å². The first-order valence-electron chi connectivity index (χ1n) is 5.83. The molecule has 3 heteroatoms. The van der Waals surface area contributed by atoms with Crippen LogP contribution in [0.5, 0.6) is 0 Å². The van der Waals surface area contributed by atoms with Gasteiger partial charge in [0.2, 0.25) is 0 Å². The number of anilines is 1. The molecule has 0 radical (unpaired) electrons. The first-order valence-corrected chi connectivity index (χ1v) is 5.83. The van der Waals surface area contributed by atoms with Crippen LogP contribution in [0.4, 0.5) is 5.69 Å². The van der Waals surface area contributed by atoms with Crippen molar-refractivity contribution in [3.8, 4) is 0 Å². The number of methoxy groups -OCH3 is 1. The van der Waals surface area contributed by atoms with E-state index in [0.29, 0.717) is 0 Å². The van der Waals surface area contributed by atoms with E-state index in [-0.39, 0.29) is 0 Å². The highest BCUT2D eigenvalue weighted by molar-refractivity contribution is 5.51. The maximum atomic E-state index is 5.12. The Hall–Kier alpha value is -1.74. The number of aromatic amines is 1. The molecule has 0 atom stereocenters. The SMILES string of the molecule is COCCc1ccccc1NCc1ccc[nH]1.